The zero-order valence-electron chi connectivity index (χ0n) is 11.3. The Morgan fingerprint density at radius 1 is 1.33 bits per heavy atom. The van der Waals surface area contributed by atoms with Crippen molar-refractivity contribution in [2.45, 2.75) is 29.4 Å². The molecule has 0 saturated carbocycles. The summed E-state index contributed by atoms with van der Waals surface area (Å²) < 4.78 is 36.6. The number of benzene rings is 1. The van der Waals surface area contributed by atoms with E-state index in [1.165, 1.54) is 12.1 Å². The van der Waals surface area contributed by atoms with Gasteiger partial charge in [0, 0.05) is 11.4 Å². The van der Waals surface area contributed by atoms with E-state index < -0.39 is 17.5 Å². The lowest BCUT2D eigenvalue weighted by atomic mass is 10.2. The van der Waals surface area contributed by atoms with Crippen molar-refractivity contribution in [1.82, 2.24) is 5.32 Å². The van der Waals surface area contributed by atoms with E-state index in [0.717, 1.165) is 11.3 Å². The third-order valence-corrected chi connectivity index (χ3v) is 4.00. The number of halogens is 3. The van der Waals surface area contributed by atoms with E-state index in [1.54, 1.807) is 23.9 Å². The maximum absolute atomic E-state index is 12.2. The summed E-state index contributed by atoms with van der Waals surface area (Å²) in [5.41, 5.74) is -3.55. The van der Waals surface area contributed by atoms with E-state index >= 15 is 0 Å². The van der Waals surface area contributed by atoms with Gasteiger partial charge < -0.3 is 10.4 Å². The minimum absolute atomic E-state index is 0.114. The van der Waals surface area contributed by atoms with Gasteiger partial charge in [-0.15, -0.1) is 0 Å². The maximum atomic E-state index is 12.2. The third-order valence-electron chi connectivity index (χ3n) is 2.62. The quantitative estimate of drug-likeness (QED) is 0.709. The van der Waals surface area contributed by atoms with Gasteiger partial charge in [-0.25, -0.2) is 0 Å². The molecule has 8 heteroatoms. The highest BCUT2D eigenvalue weighted by Crippen LogP contribution is 2.36. The molecule has 0 spiro atoms. The highest BCUT2D eigenvalue weighted by molar-refractivity contribution is 8.00. The lowest BCUT2D eigenvalue weighted by Crippen LogP contribution is -2.36. The zero-order chi connectivity index (χ0) is 15.9. The van der Waals surface area contributed by atoms with Crippen LogP contribution in [0.25, 0.3) is 0 Å². The summed E-state index contributed by atoms with van der Waals surface area (Å²) in [7, 11) is 0. The van der Waals surface area contributed by atoms with Crippen LogP contribution in [0, 0.1) is 0 Å². The molecule has 1 rings (SSSR count). The van der Waals surface area contributed by atoms with Crippen LogP contribution in [0.1, 0.15) is 12.0 Å². The molecule has 1 aromatic carbocycles. The number of carboxylic acid groups (broad SMARTS) is 1. The second kappa shape index (κ2) is 8.55. The Morgan fingerprint density at radius 2 is 1.95 bits per heavy atom. The van der Waals surface area contributed by atoms with Gasteiger partial charge in [0.2, 0.25) is 0 Å². The van der Waals surface area contributed by atoms with Gasteiger partial charge in [0.15, 0.2) is 0 Å². The van der Waals surface area contributed by atoms with E-state index in [1.807, 2.05) is 6.26 Å². The number of rotatable bonds is 8. The monoisotopic (exact) mass is 339 g/mol. The predicted molar refractivity (Wildman–Crippen MR) is 79.6 cm³/mol. The third kappa shape index (κ3) is 7.63. The van der Waals surface area contributed by atoms with Gasteiger partial charge >= 0.3 is 11.5 Å². The fourth-order valence-electron chi connectivity index (χ4n) is 1.60. The molecule has 1 aromatic rings. The number of hydrogen-bond donors (Lipinski definition) is 2. The lowest BCUT2D eigenvalue weighted by molar-refractivity contribution is -0.139. The molecule has 21 heavy (non-hydrogen) atoms. The minimum atomic E-state index is -4.30. The van der Waals surface area contributed by atoms with Crippen molar-refractivity contribution in [3.8, 4) is 0 Å². The number of carboxylic acids is 1. The Balaban J connectivity index is 2.53. The topological polar surface area (TPSA) is 49.3 Å². The Bertz CT molecular complexity index is 452. The van der Waals surface area contributed by atoms with Gasteiger partial charge in [-0.05, 0) is 47.9 Å². The molecule has 0 fully saturated rings. The molecule has 0 heterocycles. The number of thioether (sulfide) groups is 2. The van der Waals surface area contributed by atoms with Gasteiger partial charge in [0.25, 0.3) is 0 Å². The van der Waals surface area contributed by atoms with Crippen molar-refractivity contribution < 1.29 is 23.1 Å². The Hall–Kier alpha value is -0.860. The number of carbonyl (C=O) groups is 1. The largest absolute Gasteiger partial charge is 0.480 e. The summed E-state index contributed by atoms with van der Waals surface area (Å²) in [6, 6.07) is 5.24. The van der Waals surface area contributed by atoms with Gasteiger partial charge in [-0.3, -0.25) is 4.79 Å². The molecule has 1 atom stereocenters. The average Bonchev–Trinajstić information content (AvgIpc) is 2.38. The molecule has 2 N–H and O–H groups in total. The average molecular weight is 339 g/mol. The Morgan fingerprint density at radius 3 is 2.43 bits per heavy atom. The first kappa shape index (κ1) is 18.2. The van der Waals surface area contributed by atoms with Crippen LogP contribution in [-0.2, 0) is 11.3 Å². The van der Waals surface area contributed by atoms with Crippen molar-refractivity contribution in [3.63, 3.8) is 0 Å². The standard InChI is InChI=1S/C13H16F3NO2S2/c1-20-7-6-11(12(18)19)17-8-9-2-4-10(5-3-9)21-13(14,15)16/h2-5,11,17H,6-8H2,1H3,(H,18,19). The summed E-state index contributed by atoms with van der Waals surface area (Å²) in [4.78, 5) is 11.2. The molecular formula is C13H16F3NO2S2. The second-order valence-corrected chi connectivity index (χ2v) is 6.37. The summed E-state index contributed by atoms with van der Waals surface area (Å²) in [6.45, 7) is 0.308. The predicted octanol–water partition coefficient (Wildman–Crippen LogP) is 3.59. The Labute approximate surface area is 129 Å². The van der Waals surface area contributed by atoms with Crippen LogP contribution in [0.3, 0.4) is 0 Å². The SMILES string of the molecule is CSCCC(NCc1ccc(SC(F)(F)F)cc1)C(=O)O. The number of hydrogen-bond acceptors (Lipinski definition) is 4. The molecule has 3 nitrogen and oxygen atoms in total. The Kier molecular flexibility index (Phi) is 7.41. The van der Waals surface area contributed by atoms with Crippen LogP contribution in [0.5, 0.6) is 0 Å². The molecule has 0 aliphatic heterocycles. The minimum Gasteiger partial charge on any atom is -0.480 e. The highest BCUT2D eigenvalue weighted by Gasteiger charge is 2.29. The van der Waals surface area contributed by atoms with E-state index in [0.29, 0.717) is 13.0 Å². The molecule has 0 aliphatic rings. The first-order chi connectivity index (χ1) is 9.81. The fourth-order valence-corrected chi connectivity index (χ4v) is 2.61. The van der Waals surface area contributed by atoms with Crippen LogP contribution in [0.4, 0.5) is 13.2 Å². The van der Waals surface area contributed by atoms with Gasteiger partial charge in [0.1, 0.15) is 6.04 Å². The molecule has 0 bridgehead atoms. The number of nitrogens with one attached hydrogen (secondary N) is 1. The molecule has 0 aromatic heterocycles. The van der Waals surface area contributed by atoms with Crippen molar-refractivity contribution >= 4 is 29.5 Å². The van der Waals surface area contributed by atoms with E-state index in [2.05, 4.69) is 5.32 Å². The molecule has 0 radical (unpaired) electrons. The van der Waals surface area contributed by atoms with Crippen molar-refractivity contribution in [2.75, 3.05) is 12.0 Å². The lowest BCUT2D eigenvalue weighted by Gasteiger charge is -2.14. The van der Waals surface area contributed by atoms with Gasteiger partial charge in [0.05, 0.1) is 0 Å². The smallest absolute Gasteiger partial charge is 0.446 e. The van der Waals surface area contributed by atoms with E-state index in [-0.39, 0.29) is 16.7 Å². The van der Waals surface area contributed by atoms with Crippen LogP contribution >= 0.6 is 23.5 Å². The van der Waals surface area contributed by atoms with Crippen LogP contribution < -0.4 is 5.32 Å². The highest BCUT2D eigenvalue weighted by atomic mass is 32.2. The van der Waals surface area contributed by atoms with E-state index in [9.17, 15) is 18.0 Å². The summed E-state index contributed by atoms with van der Waals surface area (Å²) in [6.07, 6.45) is 2.40. The molecule has 0 saturated heterocycles. The van der Waals surface area contributed by atoms with E-state index in [4.69, 9.17) is 5.11 Å². The molecule has 1 unspecified atom stereocenters. The molecule has 0 aliphatic carbocycles. The second-order valence-electron chi connectivity index (χ2n) is 4.24. The summed E-state index contributed by atoms with van der Waals surface area (Å²) in [5, 5.41) is 11.9. The molecular weight excluding hydrogens is 323 g/mol. The number of alkyl halides is 3. The van der Waals surface area contributed by atoms with Crippen molar-refractivity contribution in [3.05, 3.63) is 29.8 Å². The summed E-state index contributed by atoms with van der Waals surface area (Å²) >= 11 is 1.40. The van der Waals surface area contributed by atoms with Crippen molar-refractivity contribution in [1.29, 1.82) is 0 Å². The molecule has 0 amide bonds. The van der Waals surface area contributed by atoms with Crippen LogP contribution in [0.15, 0.2) is 29.2 Å². The van der Waals surface area contributed by atoms with Crippen molar-refractivity contribution in [2.24, 2.45) is 0 Å². The first-order valence-corrected chi connectivity index (χ1v) is 8.32. The zero-order valence-corrected chi connectivity index (χ0v) is 12.9. The van der Waals surface area contributed by atoms with Crippen LogP contribution in [0.2, 0.25) is 0 Å². The first-order valence-electron chi connectivity index (χ1n) is 6.11. The molecule has 118 valence electrons. The normalized spacial score (nSPS) is 13.1. The summed E-state index contributed by atoms with van der Waals surface area (Å²) in [5.74, 6) is -0.196. The van der Waals surface area contributed by atoms with Gasteiger partial charge in [-0.1, -0.05) is 12.1 Å². The van der Waals surface area contributed by atoms with Gasteiger partial charge in [-0.2, -0.15) is 24.9 Å². The maximum Gasteiger partial charge on any atom is 0.446 e. The number of aliphatic carboxylic acids is 1. The fraction of sp³-hybridized carbons (Fsp3) is 0.462. The van der Waals surface area contributed by atoms with Crippen LogP contribution in [-0.4, -0.2) is 34.6 Å².